The standard InChI is InChI=1S/C14H21ClN2O2.ClH/c1-3-6-12(16)14(18)17-9-10(2)19-13-8-5-4-7-11(13)15;/h4-5,7-8,10,12H,3,6,9,16H2,1-2H3,(H,17,18);1H. The number of hydrogen-bond acceptors (Lipinski definition) is 3. The molecule has 6 heteroatoms. The van der Waals surface area contributed by atoms with E-state index < -0.39 is 6.04 Å². The zero-order valence-corrected chi connectivity index (χ0v) is 13.3. The predicted octanol–water partition coefficient (Wildman–Crippen LogP) is 2.77. The van der Waals surface area contributed by atoms with Crippen molar-refractivity contribution in [3.63, 3.8) is 0 Å². The van der Waals surface area contributed by atoms with Gasteiger partial charge in [0.2, 0.25) is 5.91 Å². The maximum atomic E-state index is 11.6. The number of rotatable bonds is 7. The number of benzene rings is 1. The van der Waals surface area contributed by atoms with Crippen molar-refractivity contribution in [2.75, 3.05) is 6.54 Å². The van der Waals surface area contributed by atoms with Crippen molar-refractivity contribution in [3.05, 3.63) is 29.3 Å². The predicted molar refractivity (Wildman–Crippen MR) is 84.7 cm³/mol. The van der Waals surface area contributed by atoms with Gasteiger partial charge in [-0.1, -0.05) is 37.1 Å². The van der Waals surface area contributed by atoms with Gasteiger partial charge < -0.3 is 15.8 Å². The Labute approximate surface area is 131 Å². The summed E-state index contributed by atoms with van der Waals surface area (Å²) in [6.07, 6.45) is 1.41. The molecule has 20 heavy (non-hydrogen) atoms. The molecule has 3 N–H and O–H groups in total. The second-order valence-electron chi connectivity index (χ2n) is 4.50. The molecule has 1 aromatic carbocycles. The maximum Gasteiger partial charge on any atom is 0.237 e. The lowest BCUT2D eigenvalue weighted by atomic mass is 10.1. The van der Waals surface area contributed by atoms with Gasteiger partial charge in [-0.15, -0.1) is 12.4 Å². The summed E-state index contributed by atoms with van der Waals surface area (Å²) in [6.45, 7) is 4.27. The van der Waals surface area contributed by atoms with Crippen LogP contribution in [-0.4, -0.2) is 24.6 Å². The summed E-state index contributed by atoms with van der Waals surface area (Å²) in [5, 5.41) is 3.33. The van der Waals surface area contributed by atoms with Crippen LogP contribution >= 0.6 is 24.0 Å². The number of para-hydroxylation sites is 1. The van der Waals surface area contributed by atoms with Crippen molar-refractivity contribution >= 4 is 29.9 Å². The van der Waals surface area contributed by atoms with Crippen molar-refractivity contribution < 1.29 is 9.53 Å². The summed E-state index contributed by atoms with van der Waals surface area (Å²) >= 11 is 5.99. The molecule has 1 aromatic rings. The Kier molecular flexibility index (Phi) is 9.38. The number of halogens is 2. The van der Waals surface area contributed by atoms with Gasteiger partial charge in [0.05, 0.1) is 17.6 Å². The Hall–Kier alpha value is -0.970. The largest absolute Gasteiger partial charge is 0.487 e. The normalized spacial score (nSPS) is 13.0. The second-order valence-corrected chi connectivity index (χ2v) is 4.91. The molecule has 114 valence electrons. The molecule has 0 radical (unpaired) electrons. The molecule has 2 atom stereocenters. The van der Waals surface area contributed by atoms with Crippen LogP contribution in [0.5, 0.6) is 5.75 Å². The Balaban J connectivity index is 0.00000361. The molecule has 0 bridgehead atoms. The summed E-state index contributed by atoms with van der Waals surface area (Å²) in [6, 6.07) is 6.80. The maximum absolute atomic E-state index is 11.6. The van der Waals surface area contributed by atoms with Crippen LogP contribution in [0, 0.1) is 0 Å². The van der Waals surface area contributed by atoms with Crippen LogP contribution in [0.4, 0.5) is 0 Å². The number of amides is 1. The molecule has 0 saturated heterocycles. The molecule has 1 rings (SSSR count). The van der Waals surface area contributed by atoms with Gasteiger partial charge in [-0.3, -0.25) is 4.79 Å². The Morgan fingerprint density at radius 3 is 2.70 bits per heavy atom. The molecule has 0 aliphatic heterocycles. The van der Waals surface area contributed by atoms with E-state index in [1.807, 2.05) is 26.0 Å². The first-order valence-corrected chi connectivity index (χ1v) is 6.86. The van der Waals surface area contributed by atoms with Crippen molar-refractivity contribution in [1.82, 2.24) is 5.32 Å². The highest BCUT2D eigenvalue weighted by Gasteiger charge is 2.14. The molecule has 0 aliphatic rings. The number of carbonyl (C=O) groups is 1. The van der Waals surface area contributed by atoms with E-state index in [2.05, 4.69) is 5.32 Å². The number of nitrogens with one attached hydrogen (secondary N) is 1. The number of hydrogen-bond donors (Lipinski definition) is 2. The van der Waals surface area contributed by atoms with Gasteiger partial charge >= 0.3 is 0 Å². The summed E-state index contributed by atoms with van der Waals surface area (Å²) < 4.78 is 5.65. The zero-order valence-electron chi connectivity index (χ0n) is 11.8. The highest BCUT2D eigenvalue weighted by atomic mass is 35.5. The zero-order chi connectivity index (χ0) is 14.3. The first kappa shape index (κ1) is 19.0. The van der Waals surface area contributed by atoms with E-state index in [0.717, 1.165) is 6.42 Å². The van der Waals surface area contributed by atoms with Gasteiger partial charge in [-0.2, -0.15) is 0 Å². The van der Waals surface area contributed by atoms with Gasteiger partial charge in [-0.25, -0.2) is 0 Å². The van der Waals surface area contributed by atoms with Crippen LogP contribution in [0.15, 0.2) is 24.3 Å². The van der Waals surface area contributed by atoms with Crippen LogP contribution in [0.25, 0.3) is 0 Å². The first-order valence-electron chi connectivity index (χ1n) is 6.49. The Bertz CT molecular complexity index is 416. The SMILES string of the molecule is CCCC(N)C(=O)NCC(C)Oc1ccccc1Cl.Cl. The van der Waals surface area contributed by atoms with Gasteiger partial charge in [-0.05, 0) is 25.5 Å². The molecule has 0 saturated carbocycles. The first-order chi connectivity index (χ1) is 9.04. The van der Waals surface area contributed by atoms with E-state index >= 15 is 0 Å². The van der Waals surface area contributed by atoms with E-state index in [4.69, 9.17) is 22.1 Å². The smallest absolute Gasteiger partial charge is 0.237 e. The van der Waals surface area contributed by atoms with Gasteiger partial charge in [0, 0.05) is 0 Å². The molecule has 0 fully saturated rings. The molecule has 0 aromatic heterocycles. The fourth-order valence-corrected chi connectivity index (χ4v) is 1.80. The van der Waals surface area contributed by atoms with Crippen molar-refractivity contribution in [2.24, 2.45) is 5.73 Å². The fourth-order valence-electron chi connectivity index (χ4n) is 1.62. The van der Waals surface area contributed by atoms with Crippen molar-refractivity contribution in [2.45, 2.75) is 38.8 Å². The monoisotopic (exact) mass is 320 g/mol. The number of carbonyl (C=O) groups excluding carboxylic acids is 1. The third kappa shape index (κ3) is 6.46. The van der Waals surface area contributed by atoms with Gasteiger partial charge in [0.1, 0.15) is 11.9 Å². The average Bonchev–Trinajstić information content (AvgIpc) is 2.39. The third-order valence-electron chi connectivity index (χ3n) is 2.67. The van der Waals surface area contributed by atoms with Crippen LogP contribution in [0.3, 0.4) is 0 Å². The number of nitrogens with two attached hydrogens (primary N) is 1. The minimum Gasteiger partial charge on any atom is -0.487 e. The quantitative estimate of drug-likeness (QED) is 0.812. The molecule has 0 spiro atoms. The Morgan fingerprint density at radius 2 is 2.10 bits per heavy atom. The molecular formula is C14H22Cl2N2O2. The topological polar surface area (TPSA) is 64.4 Å². The van der Waals surface area contributed by atoms with E-state index in [0.29, 0.717) is 23.7 Å². The molecule has 2 unspecified atom stereocenters. The second kappa shape index (κ2) is 9.86. The highest BCUT2D eigenvalue weighted by molar-refractivity contribution is 6.32. The van der Waals surface area contributed by atoms with E-state index in [1.54, 1.807) is 12.1 Å². The fraction of sp³-hybridized carbons (Fsp3) is 0.500. The van der Waals surface area contributed by atoms with Crippen LogP contribution in [0.1, 0.15) is 26.7 Å². The summed E-state index contributed by atoms with van der Waals surface area (Å²) in [7, 11) is 0. The molecule has 0 heterocycles. The highest BCUT2D eigenvalue weighted by Crippen LogP contribution is 2.23. The van der Waals surface area contributed by atoms with Gasteiger partial charge in [0.25, 0.3) is 0 Å². The lowest BCUT2D eigenvalue weighted by Gasteiger charge is -2.17. The van der Waals surface area contributed by atoms with Gasteiger partial charge in [0.15, 0.2) is 0 Å². The Morgan fingerprint density at radius 1 is 1.45 bits per heavy atom. The summed E-state index contributed by atoms with van der Waals surface area (Å²) in [5.74, 6) is 0.472. The number of ether oxygens (including phenoxy) is 1. The molecule has 1 amide bonds. The minimum atomic E-state index is -0.447. The summed E-state index contributed by atoms with van der Waals surface area (Å²) in [5.41, 5.74) is 5.72. The molecule has 0 aliphatic carbocycles. The van der Waals surface area contributed by atoms with Crippen LogP contribution in [0.2, 0.25) is 5.02 Å². The third-order valence-corrected chi connectivity index (χ3v) is 2.98. The van der Waals surface area contributed by atoms with E-state index in [1.165, 1.54) is 0 Å². The lowest BCUT2D eigenvalue weighted by Crippen LogP contribution is -2.43. The molecule has 4 nitrogen and oxygen atoms in total. The average molecular weight is 321 g/mol. The van der Waals surface area contributed by atoms with E-state index in [-0.39, 0.29) is 24.4 Å². The molecular weight excluding hydrogens is 299 g/mol. The lowest BCUT2D eigenvalue weighted by molar-refractivity contribution is -0.122. The summed E-state index contributed by atoms with van der Waals surface area (Å²) in [4.78, 5) is 11.6. The van der Waals surface area contributed by atoms with Crippen LogP contribution in [-0.2, 0) is 4.79 Å². The minimum absolute atomic E-state index is 0. The van der Waals surface area contributed by atoms with E-state index in [9.17, 15) is 4.79 Å². The van der Waals surface area contributed by atoms with Crippen molar-refractivity contribution in [3.8, 4) is 5.75 Å². The van der Waals surface area contributed by atoms with Crippen LogP contribution < -0.4 is 15.8 Å². The van der Waals surface area contributed by atoms with Crippen molar-refractivity contribution in [1.29, 1.82) is 0 Å².